The first kappa shape index (κ1) is 17.5. The molecule has 7 heteroatoms. The second kappa shape index (κ2) is 7.12. The fourth-order valence-electron chi connectivity index (χ4n) is 3.27. The van der Waals surface area contributed by atoms with E-state index >= 15 is 0 Å². The van der Waals surface area contributed by atoms with Gasteiger partial charge in [0, 0.05) is 31.9 Å². The van der Waals surface area contributed by atoms with Gasteiger partial charge in [-0.15, -0.1) is 0 Å². The molecule has 128 valence electrons. The highest BCUT2D eigenvalue weighted by atomic mass is 16.5. The van der Waals surface area contributed by atoms with E-state index in [0.29, 0.717) is 24.2 Å². The molecule has 1 amide bonds. The number of amides is 1. The maximum atomic E-state index is 13.0. The molecule has 2 heterocycles. The number of carbonyl (C=O) groups excluding carboxylic acids is 1. The zero-order chi connectivity index (χ0) is 17.1. The first-order valence-corrected chi connectivity index (χ1v) is 7.98. The summed E-state index contributed by atoms with van der Waals surface area (Å²) in [6, 6.07) is -0.335. The maximum absolute atomic E-state index is 13.0. The number of likely N-dealkylation sites (tertiary alicyclic amines) is 1. The van der Waals surface area contributed by atoms with Crippen molar-refractivity contribution in [3.8, 4) is 0 Å². The van der Waals surface area contributed by atoms with E-state index in [-0.39, 0.29) is 24.5 Å². The Labute approximate surface area is 136 Å². The number of carboxylic acids is 1. The van der Waals surface area contributed by atoms with E-state index < -0.39 is 5.97 Å². The van der Waals surface area contributed by atoms with E-state index in [1.54, 1.807) is 12.0 Å². The Balaban J connectivity index is 2.29. The predicted molar refractivity (Wildman–Crippen MR) is 84.5 cm³/mol. The summed E-state index contributed by atoms with van der Waals surface area (Å²) < 4.78 is 7.18. The third kappa shape index (κ3) is 3.55. The highest BCUT2D eigenvalue weighted by Gasteiger charge is 2.38. The second-order valence-electron chi connectivity index (χ2n) is 6.07. The first-order chi connectivity index (χ1) is 10.9. The molecule has 7 nitrogen and oxygen atoms in total. The number of rotatable bonds is 6. The number of aryl methyl sites for hydroxylation is 2. The van der Waals surface area contributed by atoms with Crippen molar-refractivity contribution in [2.24, 2.45) is 0 Å². The minimum absolute atomic E-state index is 0.0627. The molecule has 2 unspecified atom stereocenters. The van der Waals surface area contributed by atoms with Crippen LogP contribution < -0.4 is 0 Å². The molecule has 2 atom stereocenters. The van der Waals surface area contributed by atoms with Gasteiger partial charge in [-0.3, -0.25) is 14.3 Å². The molecule has 0 spiro atoms. The van der Waals surface area contributed by atoms with E-state index in [9.17, 15) is 9.59 Å². The van der Waals surface area contributed by atoms with Crippen molar-refractivity contribution in [1.29, 1.82) is 0 Å². The Morgan fingerprint density at radius 2 is 2.09 bits per heavy atom. The van der Waals surface area contributed by atoms with Gasteiger partial charge in [-0.2, -0.15) is 5.10 Å². The largest absolute Gasteiger partial charge is 0.481 e. The van der Waals surface area contributed by atoms with Gasteiger partial charge >= 0.3 is 5.97 Å². The Kier molecular flexibility index (Phi) is 5.41. The topological polar surface area (TPSA) is 84.7 Å². The summed E-state index contributed by atoms with van der Waals surface area (Å²) in [5.74, 6) is -1.05. The van der Waals surface area contributed by atoms with Gasteiger partial charge in [-0.25, -0.2) is 0 Å². The van der Waals surface area contributed by atoms with E-state index in [4.69, 9.17) is 9.84 Å². The Morgan fingerprint density at radius 1 is 1.39 bits per heavy atom. The van der Waals surface area contributed by atoms with E-state index in [1.807, 2.05) is 18.5 Å². The molecule has 2 rings (SSSR count). The number of ether oxygens (including phenoxy) is 1. The lowest BCUT2D eigenvalue weighted by Crippen LogP contribution is -2.37. The van der Waals surface area contributed by atoms with Gasteiger partial charge in [0.1, 0.15) is 0 Å². The highest BCUT2D eigenvalue weighted by Crippen LogP contribution is 2.26. The monoisotopic (exact) mass is 323 g/mol. The van der Waals surface area contributed by atoms with Crippen molar-refractivity contribution in [3.05, 3.63) is 17.0 Å². The average Bonchev–Trinajstić information content (AvgIpc) is 3.00. The normalized spacial score (nSPS) is 21.0. The summed E-state index contributed by atoms with van der Waals surface area (Å²) in [7, 11) is 1.59. The molecule has 1 aliphatic heterocycles. The number of hydrogen-bond donors (Lipinski definition) is 1. The van der Waals surface area contributed by atoms with Crippen LogP contribution in [0.25, 0.3) is 0 Å². The molecule has 0 aliphatic carbocycles. The van der Waals surface area contributed by atoms with Gasteiger partial charge in [0.05, 0.1) is 23.8 Å². The molecule has 0 bridgehead atoms. The van der Waals surface area contributed by atoms with Crippen molar-refractivity contribution in [2.45, 2.75) is 58.7 Å². The quantitative estimate of drug-likeness (QED) is 0.860. The summed E-state index contributed by atoms with van der Waals surface area (Å²) in [5.41, 5.74) is 2.12. The fourth-order valence-corrected chi connectivity index (χ4v) is 3.27. The van der Waals surface area contributed by atoms with Gasteiger partial charge in [0.25, 0.3) is 5.91 Å². The number of carboxylic acid groups (broad SMARTS) is 1. The van der Waals surface area contributed by atoms with Gasteiger partial charge in [0.15, 0.2) is 0 Å². The number of carbonyl (C=O) groups is 2. The molecule has 1 aromatic heterocycles. The molecule has 0 radical (unpaired) electrons. The van der Waals surface area contributed by atoms with Crippen molar-refractivity contribution in [1.82, 2.24) is 14.7 Å². The summed E-state index contributed by atoms with van der Waals surface area (Å²) >= 11 is 0. The molecule has 0 aromatic carbocycles. The second-order valence-corrected chi connectivity index (χ2v) is 6.07. The van der Waals surface area contributed by atoms with Crippen LogP contribution in [0.15, 0.2) is 0 Å². The van der Waals surface area contributed by atoms with Gasteiger partial charge in [-0.05, 0) is 26.7 Å². The van der Waals surface area contributed by atoms with Crippen LogP contribution in [0.2, 0.25) is 0 Å². The van der Waals surface area contributed by atoms with Gasteiger partial charge in [-0.1, -0.05) is 6.92 Å². The van der Waals surface area contributed by atoms with E-state index in [1.165, 1.54) is 0 Å². The summed E-state index contributed by atoms with van der Waals surface area (Å²) in [5, 5.41) is 13.5. The number of hydrogen-bond acceptors (Lipinski definition) is 4. The van der Waals surface area contributed by atoms with Crippen LogP contribution in [0.5, 0.6) is 0 Å². The summed E-state index contributed by atoms with van der Waals surface area (Å²) in [4.78, 5) is 25.7. The zero-order valence-corrected chi connectivity index (χ0v) is 14.2. The fraction of sp³-hybridized carbons (Fsp3) is 0.688. The van der Waals surface area contributed by atoms with Gasteiger partial charge in [0.2, 0.25) is 0 Å². The molecule has 1 saturated heterocycles. The van der Waals surface area contributed by atoms with Crippen LogP contribution in [0.3, 0.4) is 0 Å². The summed E-state index contributed by atoms with van der Waals surface area (Å²) in [6.07, 6.45) is 1.31. The van der Waals surface area contributed by atoms with Crippen LogP contribution in [-0.2, 0) is 16.1 Å². The first-order valence-electron chi connectivity index (χ1n) is 7.98. The predicted octanol–water partition coefficient (Wildman–Crippen LogP) is 1.61. The molecule has 23 heavy (non-hydrogen) atoms. The lowest BCUT2D eigenvalue weighted by molar-refractivity contribution is -0.137. The van der Waals surface area contributed by atoms with Crippen molar-refractivity contribution < 1.29 is 19.4 Å². The van der Waals surface area contributed by atoms with Crippen LogP contribution in [0, 0.1) is 13.8 Å². The van der Waals surface area contributed by atoms with Crippen LogP contribution >= 0.6 is 0 Å². The van der Waals surface area contributed by atoms with Crippen LogP contribution in [0.4, 0.5) is 0 Å². The smallest absolute Gasteiger partial charge is 0.305 e. The van der Waals surface area contributed by atoms with Crippen molar-refractivity contribution in [2.75, 3.05) is 13.7 Å². The number of methoxy groups -OCH3 is 1. The average molecular weight is 323 g/mol. The molecule has 1 fully saturated rings. The van der Waals surface area contributed by atoms with E-state index in [0.717, 1.165) is 18.7 Å². The molecule has 1 N–H and O–H groups in total. The SMILES string of the molecule is CCCn1nc(C)c(C(=O)N2CC(OC)CC2CC(=O)O)c1C. The van der Waals surface area contributed by atoms with Crippen molar-refractivity contribution in [3.63, 3.8) is 0 Å². The molecule has 1 aromatic rings. The third-order valence-electron chi connectivity index (χ3n) is 4.41. The Hall–Kier alpha value is -1.89. The molecule has 0 saturated carbocycles. The van der Waals surface area contributed by atoms with Crippen LogP contribution in [-0.4, -0.2) is 57.5 Å². The molecular weight excluding hydrogens is 298 g/mol. The lowest BCUT2D eigenvalue weighted by atomic mass is 10.1. The number of nitrogens with zero attached hydrogens (tertiary/aromatic N) is 3. The minimum Gasteiger partial charge on any atom is -0.481 e. The van der Waals surface area contributed by atoms with E-state index in [2.05, 4.69) is 12.0 Å². The highest BCUT2D eigenvalue weighted by molar-refractivity contribution is 5.97. The van der Waals surface area contributed by atoms with Crippen molar-refractivity contribution >= 4 is 11.9 Å². The zero-order valence-electron chi connectivity index (χ0n) is 14.2. The Bertz CT molecular complexity index is 596. The molecule has 1 aliphatic rings. The number of aliphatic carboxylic acids is 1. The molecular formula is C16H25N3O4. The summed E-state index contributed by atoms with van der Waals surface area (Å²) in [6.45, 7) is 6.95. The maximum Gasteiger partial charge on any atom is 0.305 e. The van der Waals surface area contributed by atoms with Gasteiger partial charge < -0.3 is 14.7 Å². The Morgan fingerprint density at radius 3 is 2.65 bits per heavy atom. The number of aromatic nitrogens is 2. The van der Waals surface area contributed by atoms with Crippen LogP contribution in [0.1, 0.15) is 47.9 Å². The lowest BCUT2D eigenvalue weighted by Gasteiger charge is -2.23. The minimum atomic E-state index is -0.903. The third-order valence-corrected chi connectivity index (χ3v) is 4.41. The standard InChI is InChI=1S/C16H25N3O4/c1-5-6-19-11(3)15(10(2)17-19)16(22)18-9-13(23-4)7-12(18)8-14(20)21/h12-13H,5-9H2,1-4H3,(H,20,21).